The summed E-state index contributed by atoms with van der Waals surface area (Å²) in [6, 6.07) is 0.894. The number of carbonyl (C=O) groups excluding carboxylic acids is 1. The molecule has 4 nitrogen and oxygen atoms in total. The number of amides is 1. The summed E-state index contributed by atoms with van der Waals surface area (Å²) in [5.41, 5.74) is 6.91. The zero-order valence-electron chi connectivity index (χ0n) is 13.3. The second kappa shape index (κ2) is 7.76. The van der Waals surface area contributed by atoms with E-state index < -0.39 is 0 Å². The topological polar surface area (TPSA) is 58.4 Å². The summed E-state index contributed by atoms with van der Waals surface area (Å²) < 4.78 is 0. The van der Waals surface area contributed by atoms with Crippen LogP contribution in [0.2, 0.25) is 0 Å². The molecule has 1 unspecified atom stereocenters. The van der Waals surface area contributed by atoms with Crippen LogP contribution in [-0.4, -0.2) is 42.5 Å². The Morgan fingerprint density at radius 3 is 2.81 bits per heavy atom. The summed E-state index contributed by atoms with van der Waals surface area (Å²) in [6.45, 7) is 6.66. The van der Waals surface area contributed by atoms with Crippen molar-refractivity contribution in [3.8, 4) is 0 Å². The SMILES string of the molecule is CC(CC[C@@H](C)N1CC(NC(=O)CN)C1)C1=CC=CCC1. The van der Waals surface area contributed by atoms with Crippen molar-refractivity contribution in [1.29, 1.82) is 0 Å². The smallest absolute Gasteiger partial charge is 0.234 e. The van der Waals surface area contributed by atoms with E-state index in [9.17, 15) is 4.79 Å². The van der Waals surface area contributed by atoms with E-state index in [1.807, 2.05) is 0 Å². The highest BCUT2D eigenvalue weighted by atomic mass is 16.1. The summed E-state index contributed by atoms with van der Waals surface area (Å²) in [5, 5.41) is 2.95. The number of nitrogens with two attached hydrogens (primary N) is 1. The number of hydrogen-bond acceptors (Lipinski definition) is 3. The van der Waals surface area contributed by atoms with Crippen LogP contribution in [0.5, 0.6) is 0 Å². The second-order valence-electron chi connectivity index (χ2n) is 6.46. The van der Waals surface area contributed by atoms with Crippen LogP contribution in [0.3, 0.4) is 0 Å². The Morgan fingerprint density at radius 1 is 1.43 bits per heavy atom. The summed E-state index contributed by atoms with van der Waals surface area (Å²) in [4.78, 5) is 13.7. The zero-order chi connectivity index (χ0) is 15.2. The normalized spacial score (nSPS) is 22.3. The van der Waals surface area contributed by atoms with Crippen molar-refractivity contribution in [2.45, 2.75) is 51.6 Å². The molecule has 0 aromatic heterocycles. The number of rotatable bonds is 7. The largest absolute Gasteiger partial charge is 0.350 e. The molecule has 0 radical (unpaired) electrons. The van der Waals surface area contributed by atoms with Crippen LogP contribution in [0.25, 0.3) is 0 Å². The Morgan fingerprint density at radius 2 is 2.19 bits per heavy atom. The minimum Gasteiger partial charge on any atom is -0.350 e. The van der Waals surface area contributed by atoms with Crippen molar-refractivity contribution in [3.63, 3.8) is 0 Å². The molecular weight excluding hydrogens is 262 g/mol. The predicted octanol–water partition coefficient (Wildman–Crippen LogP) is 1.83. The van der Waals surface area contributed by atoms with Crippen LogP contribution in [0.1, 0.15) is 39.5 Å². The monoisotopic (exact) mass is 291 g/mol. The standard InChI is InChI=1S/C17H29N3O/c1-13(15-6-4-3-5-7-15)8-9-14(2)20-11-16(12-20)19-17(21)10-18/h3-4,6,13-14,16H,5,7-12,18H2,1-2H3,(H,19,21)/t13?,14-/m1/s1. The quantitative estimate of drug-likeness (QED) is 0.752. The van der Waals surface area contributed by atoms with Crippen LogP contribution in [-0.2, 0) is 4.79 Å². The van der Waals surface area contributed by atoms with Crippen LogP contribution in [0, 0.1) is 5.92 Å². The molecule has 0 spiro atoms. The molecule has 2 aliphatic rings. The maximum absolute atomic E-state index is 11.2. The lowest BCUT2D eigenvalue weighted by Gasteiger charge is -2.43. The Balaban J connectivity index is 1.64. The molecule has 1 heterocycles. The Labute approximate surface area is 128 Å². The number of allylic oxidation sites excluding steroid dienone is 4. The third-order valence-electron chi connectivity index (χ3n) is 4.78. The lowest BCUT2D eigenvalue weighted by Crippen LogP contribution is -2.62. The van der Waals surface area contributed by atoms with Gasteiger partial charge in [0.25, 0.3) is 0 Å². The van der Waals surface area contributed by atoms with Crippen LogP contribution >= 0.6 is 0 Å². The van der Waals surface area contributed by atoms with Gasteiger partial charge in [0.05, 0.1) is 12.6 Å². The number of carbonyl (C=O) groups is 1. The maximum Gasteiger partial charge on any atom is 0.234 e. The predicted molar refractivity (Wildman–Crippen MR) is 86.9 cm³/mol. The third-order valence-corrected chi connectivity index (χ3v) is 4.78. The number of likely N-dealkylation sites (tertiary alicyclic amines) is 1. The Bertz CT molecular complexity index is 410. The van der Waals surface area contributed by atoms with Crippen LogP contribution in [0.4, 0.5) is 0 Å². The van der Waals surface area contributed by atoms with Crippen molar-refractivity contribution in [3.05, 3.63) is 23.8 Å². The van der Waals surface area contributed by atoms with Gasteiger partial charge in [-0.05, 0) is 38.5 Å². The van der Waals surface area contributed by atoms with E-state index in [1.54, 1.807) is 5.57 Å². The van der Waals surface area contributed by atoms with Gasteiger partial charge in [0.1, 0.15) is 0 Å². The molecule has 0 aromatic rings. The van der Waals surface area contributed by atoms with Crippen molar-refractivity contribution in [2.75, 3.05) is 19.6 Å². The minimum absolute atomic E-state index is 0.0433. The maximum atomic E-state index is 11.2. The highest BCUT2D eigenvalue weighted by molar-refractivity contribution is 5.78. The number of nitrogens with one attached hydrogen (secondary N) is 1. The van der Waals surface area contributed by atoms with E-state index in [2.05, 4.69) is 42.3 Å². The fourth-order valence-corrected chi connectivity index (χ4v) is 3.14. The second-order valence-corrected chi connectivity index (χ2v) is 6.46. The fraction of sp³-hybridized carbons (Fsp3) is 0.706. The van der Waals surface area contributed by atoms with Gasteiger partial charge in [-0.1, -0.05) is 30.7 Å². The third kappa shape index (κ3) is 4.68. The fourth-order valence-electron chi connectivity index (χ4n) is 3.14. The van der Waals surface area contributed by atoms with E-state index in [-0.39, 0.29) is 12.5 Å². The zero-order valence-corrected chi connectivity index (χ0v) is 13.3. The highest BCUT2D eigenvalue weighted by Crippen LogP contribution is 2.26. The lowest BCUT2D eigenvalue weighted by atomic mass is 9.88. The average molecular weight is 291 g/mol. The van der Waals surface area contributed by atoms with Crippen molar-refractivity contribution in [2.24, 2.45) is 11.7 Å². The molecular formula is C17H29N3O. The lowest BCUT2D eigenvalue weighted by molar-refractivity contribution is -0.121. The first kappa shape index (κ1) is 16.2. The molecule has 2 rings (SSSR count). The van der Waals surface area contributed by atoms with Gasteiger partial charge in [-0.3, -0.25) is 9.69 Å². The Kier molecular flexibility index (Phi) is 6.00. The molecule has 1 fully saturated rings. The van der Waals surface area contributed by atoms with Gasteiger partial charge in [0.2, 0.25) is 5.91 Å². The number of nitrogens with zero attached hydrogens (tertiary/aromatic N) is 1. The molecule has 3 N–H and O–H groups in total. The first-order valence-corrected chi connectivity index (χ1v) is 8.19. The van der Waals surface area contributed by atoms with Crippen LogP contribution in [0.15, 0.2) is 23.8 Å². The summed E-state index contributed by atoms with van der Waals surface area (Å²) in [7, 11) is 0. The van der Waals surface area contributed by atoms with Crippen LogP contribution < -0.4 is 11.1 Å². The van der Waals surface area contributed by atoms with Gasteiger partial charge in [0.15, 0.2) is 0 Å². The molecule has 1 aliphatic heterocycles. The average Bonchev–Trinajstić information content (AvgIpc) is 2.48. The highest BCUT2D eigenvalue weighted by Gasteiger charge is 2.30. The molecule has 2 atom stereocenters. The number of hydrogen-bond donors (Lipinski definition) is 2. The minimum atomic E-state index is -0.0433. The van der Waals surface area contributed by atoms with Gasteiger partial charge in [-0.2, -0.15) is 0 Å². The molecule has 1 amide bonds. The van der Waals surface area contributed by atoms with Gasteiger partial charge in [0, 0.05) is 19.1 Å². The van der Waals surface area contributed by atoms with E-state index in [4.69, 9.17) is 5.73 Å². The van der Waals surface area contributed by atoms with E-state index >= 15 is 0 Å². The summed E-state index contributed by atoms with van der Waals surface area (Å²) in [6.07, 6.45) is 11.6. The van der Waals surface area contributed by atoms with E-state index in [0.717, 1.165) is 13.1 Å². The van der Waals surface area contributed by atoms with Gasteiger partial charge >= 0.3 is 0 Å². The molecule has 0 saturated carbocycles. The molecule has 1 saturated heterocycles. The molecule has 0 aromatic carbocycles. The van der Waals surface area contributed by atoms with Gasteiger partial charge in [-0.15, -0.1) is 0 Å². The Hall–Kier alpha value is -1.13. The molecule has 118 valence electrons. The first-order valence-electron chi connectivity index (χ1n) is 8.19. The first-order chi connectivity index (χ1) is 10.1. The van der Waals surface area contributed by atoms with Gasteiger partial charge in [-0.25, -0.2) is 0 Å². The van der Waals surface area contributed by atoms with Crippen molar-refractivity contribution < 1.29 is 4.79 Å². The molecule has 4 heteroatoms. The van der Waals surface area contributed by atoms with Gasteiger partial charge < -0.3 is 11.1 Å². The molecule has 1 aliphatic carbocycles. The molecule has 21 heavy (non-hydrogen) atoms. The van der Waals surface area contributed by atoms with Crippen molar-refractivity contribution in [1.82, 2.24) is 10.2 Å². The van der Waals surface area contributed by atoms with E-state index in [0.29, 0.717) is 18.0 Å². The summed E-state index contributed by atoms with van der Waals surface area (Å²) >= 11 is 0. The molecule has 0 bridgehead atoms. The van der Waals surface area contributed by atoms with Crippen molar-refractivity contribution >= 4 is 5.91 Å². The van der Waals surface area contributed by atoms with E-state index in [1.165, 1.54) is 25.7 Å². The summed E-state index contributed by atoms with van der Waals surface area (Å²) in [5.74, 6) is 0.643.